The first-order chi connectivity index (χ1) is 13.8. The van der Waals surface area contributed by atoms with Crippen LogP contribution in [0.4, 0.5) is 11.4 Å². The molecule has 9 heteroatoms. The number of thiophene rings is 1. The summed E-state index contributed by atoms with van der Waals surface area (Å²) in [5.74, 6) is -0.295. The molecule has 0 saturated heterocycles. The van der Waals surface area contributed by atoms with Gasteiger partial charge in [0.2, 0.25) is 0 Å². The predicted molar refractivity (Wildman–Crippen MR) is 109 cm³/mol. The number of carbonyl (C=O) groups is 2. The van der Waals surface area contributed by atoms with Crippen LogP contribution in [-0.4, -0.2) is 30.0 Å². The number of nitro benzene ring substituents is 1. The van der Waals surface area contributed by atoms with Gasteiger partial charge < -0.3 is 14.8 Å². The van der Waals surface area contributed by atoms with Crippen LogP contribution in [0.1, 0.15) is 40.4 Å². The summed E-state index contributed by atoms with van der Waals surface area (Å²) in [6, 6.07) is 5.71. The number of ether oxygens (including phenoxy) is 2. The van der Waals surface area contributed by atoms with E-state index in [0.717, 1.165) is 19.3 Å². The molecular formula is C20H22N2O6S. The summed E-state index contributed by atoms with van der Waals surface area (Å²) in [5, 5.41) is 13.5. The highest BCUT2D eigenvalue weighted by atomic mass is 32.1. The second-order valence-corrected chi connectivity index (χ2v) is 8.22. The fourth-order valence-electron chi connectivity index (χ4n) is 3.22. The van der Waals surface area contributed by atoms with Crippen LogP contribution in [0.25, 0.3) is 0 Å². The predicted octanol–water partition coefficient (Wildman–Crippen LogP) is 3.97. The molecule has 1 aliphatic rings. The van der Waals surface area contributed by atoms with Crippen molar-refractivity contribution in [1.82, 2.24) is 0 Å². The van der Waals surface area contributed by atoms with Crippen molar-refractivity contribution in [1.29, 1.82) is 0 Å². The summed E-state index contributed by atoms with van der Waals surface area (Å²) >= 11 is 1.41. The first-order valence-corrected chi connectivity index (χ1v) is 10.1. The molecule has 0 radical (unpaired) electrons. The quantitative estimate of drug-likeness (QED) is 0.432. The normalized spacial score (nSPS) is 16.4. The van der Waals surface area contributed by atoms with Gasteiger partial charge >= 0.3 is 5.97 Å². The number of nitrogens with one attached hydrogen (secondary N) is 1. The van der Waals surface area contributed by atoms with E-state index in [-0.39, 0.29) is 17.1 Å². The molecule has 2 atom stereocenters. The highest BCUT2D eigenvalue weighted by Gasteiger charge is 2.25. The van der Waals surface area contributed by atoms with E-state index < -0.39 is 22.9 Å². The molecule has 154 valence electrons. The fourth-order valence-corrected chi connectivity index (χ4v) is 4.31. The van der Waals surface area contributed by atoms with Gasteiger partial charge in [-0.1, -0.05) is 6.92 Å². The van der Waals surface area contributed by atoms with Crippen LogP contribution in [0.3, 0.4) is 0 Å². The Kier molecular flexibility index (Phi) is 6.17. The number of nitrogens with zero attached hydrogens (tertiary/aromatic N) is 1. The molecule has 1 aromatic carbocycles. The lowest BCUT2D eigenvalue weighted by Crippen LogP contribution is -2.30. The summed E-state index contributed by atoms with van der Waals surface area (Å²) in [6.45, 7) is 3.64. The average Bonchev–Trinajstić information content (AvgIpc) is 3.11. The van der Waals surface area contributed by atoms with Gasteiger partial charge in [0.25, 0.3) is 11.6 Å². The topological polar surface area (TPSA) is 108 Å². The lowest BCUT2D eigenvalue weighted by Gasteiger charge is -2.16. The molecule has 8 nitrogen and oxygen atoms in total. The number of amides is 1. The number of hydrogen-bond acceptors (Lipinski definition) is 7. The Morgan fingerprint density at radius 2 is 2.10 bits per heavy atom. The number of benzene rings is 1. The molecule has 1 aliphatic carbocycles. The van der Waals surface area contributed by atoms with E-state index in [1.54, 1.807) is 0 Å². The maximum atomic E-state index is 12.5. The Labute approximate surface area is 172 Å². The van der Waals surface area contributed by atoms with E-state index in [2.05, 4.69) is 12.2 Å². The summed E-state index contributed by atoms with van der Waals surface area (Å²) in [5.41, 5.74) is 1.12. The molecule has 0 saturated carbocycles. The molecular weight excluding hydrogens is 396 g/mol. The molecule has 0 bridgehead atoms. The SMILES string of the molecule is COc1ccc([N+](=O)[O-])cc1NC(=O)[C@H](C)OC(=O)c1cc2c(s1)CC[C@H](C)C2. The first-order valence-electron chi connectivity index (χ1n) is 9.24. The molecule has 0 unspecified atom stereocenters. The Morgan fingerprint density at radius 1 is 1.34 bits per heavy atom. The zero-order chi connectivity index (χ0) is 21.1. The van der Waals surface area contributed by atoms with Gasteiger partial charge in [-0.15, -0.1) is 11.3 Å². The lowest BCUT2D eigenvalue weighted by molar-refractivity contribution is -0.384. The van der Waals surface area contributed by atoms with Crippen LogP contribution in [0, 0.1) is 16.0 Å². The summed E-state index contributed by atoms with van der Waals surface area (Å²) in [6.07, 6.45) is 1.93. The van der Waals surface area contributed by atoms with Crippen molar-refractivity contribution in [3.8, 4) is 5.75 Å². The maximum Gasteiger partial charge on any atom is 0.349 e. The van der Waals surface area contributed by atoms with E-state index in [0.29, 0.717) is 10.8 Å². The maximum absolute atomic E-state index is 12.5. The number of fused-ring (bicyclic) bond motifs is 1. The molecule has 1 amide bonds. The number of nitro groups is 1. The molecule has 0 aliphatic heterocycles. The van der Waals surface area contributed by atoms with E-state index in [9.17, 15) is 19.7 Å². The van der Waals surface area contributed by atoms with E-state index in [1.165, 1.54) is 54.0 Å². The molecule has 2 aromatic rings. The van der Waals surface area contributed by atoms with Gasteiger partial charge in [0, 0.05) is 17.0 Å². The van der Waals surface area contributed by atoms with Crippen molar-refractivity contribution in [2.75, 3.05) is 12.4 Å². The van der Waals surface area contributed by atoms with Crippen molar-refractivity contribution in [2.45, 2.75) is 39.2 Å². The van der Waals surface area contributed by atoms with Gasteiger partial charge in [-0.05, 0) is 49.8 Å². The molecule has 29 heavy (non-hydrogen) atoms. The minimum atomic E-state index is -1.08. The number of anilines is 1. The van der Waals surface area contributed by atoms with Crippen LogP contribution in [0.2, 0.25) is 0 Å². The van der Waals surface area contributed by atoms with E-state index >= 15 is 0 Å². The van der Waals surface area contributed by atoms with Crippen molar-refractivity contribution < 1.29 is 24.0 Å². The van der Waals surface area contributed by atoms with E-state index in [4.69, 9.17) is 9.47 Å². The minimum Gasteiger partial charge on any atom is -0.495 e. The van der Waals surface area contributed by atoms with Crippen LogP contribution >= 0.6 is 11.3 Å². The zero-order valence-corrected chi connectivity index (χ0v) is 17.2. The standard InChI is InChI=1S/C20H22N2O6S/c1-11-4-7-17-13(8-11)9-18(29-17)20(24)28-12(2)19(23)21-15-10-14(22(25)26)5-6-16(15)27-3/h5-6,9-12H,4,7-8H2,1-3H3,(H,21,23)/t11-,12-/m0/s1. The zero-order valence-electron chi connectivity index (χ0n) is 16.4. The van der Waals surface area contributed by atoms with Crippen LogP contribution in [0.5, 0.6) is 5.75 Å². The first kappa shape index (κ1) is 20.8. The largest absolute Gasteiger partial charge is 0.495 e. The van der Waals surface area contributed by atoms with Crippen molar-refractivity contribution >= 4 is 34.6 Å². The van der Waals surface area contributed by atoms with Gasteiger partial charge in [-0.3, -0.25) is 14.9 Å². The summed E-state index contributed by atoms with van der Waals surface area (Å²) < 4.78 is 10.4. The highest BCUT2D eigenvalue weighted by Crippen LogP contribution is 2.33. The van der Waals surface area contributed by atoms with Crippen LogP contribution < -0.4 is 10.1 Å². The summed E-state index contributed by atoms with van der Waals surface area (Å²) in [4.78, 5) is 37.0. The second kappa shape index (κ2) is 8.60. The van der Waals surface area contributed by atoms with Crippen LogP contribution in [-0.2, 0) is 22.4 Å². The lowest BCUT2D eigenvalue weighted by atomic mass is 9.90. The molecule has 0 fully saturated rings. The van der Waals surface area contributed by atoms with Gasteiger partial charge in [0.05, 0.1) is 17.7 Å². The molecule has 1 N–H and O–H groups in total. The smallest absolute Gasteiger partial charge is 0.349 e. The van der Waals surface area contributed by atoms with Crippen molar-refractivity contribution in [3.63, 3.8) is 0 Å². The fraction of sp³-hybridized carbons (Fsp3) is 0.400. The third kappa shape index (κ3) is 4.73. The molecule has 3 rings (SSSR count). The average molecular weight is 418 g/mol. The Balaban J connectivity index is 1.67. The monoisotopic (exact) mass is 418 g/mol. The molecule has 1 heterocycles. The second-order valence-electron chi connectivity index (χ2n) is 7.09. The Hall–Kier alpha value is -2.94. The van der Waals surface area contributed by atoms with Gasteiger partial charge in [0.15, 0.2) is 6.10 Å². The van der Waals surface area contributed by atoms with E-state index in [1.807, 2.05) is 6.07 Å². The third-order valence-electron chi connectivity index (χ3n) is 4.84. The Morgan fingerprint density at radius 3 is 2.79 bits per heavy atom. The number of methoxy groups -OCH3 is 1. The Bertz CT molecular complexity index is 954. The number of non-ortho nitro benzene ring substituents is 1. The number of carbonyl (C=O) groups excluding carboxylic acids is 2. The van der Waals surface area contributed by atoms with Gasteiger partial charge in [0.1, 0.15) is 10.6 Å². The molecule has 0 spiro atoms. The third-order valence-corrected chi connectivity index (χ3v) is 6.05. The highest BCUT2D eigenvalue weighted by molar-refractivity contribution is 7.14. The number of rotatable bonds is 6. The van der Waals surface area contributed by atoms with Gasteiger partial charge in [-0.2, -0.15) is 0 Å². The number of esters is 1. The number of aryl methyl sites for hydroxylation is 1. The van der Waals surface area contributed by atoms with Crippen molar-refractivity contribution in [3.05, 3.63) is 49.7 Å². The van der Waals surface area contributed by atoms with Crippen LogP contribution in [0.15, 0.2) is 24.3 Å². The summed E-state index contributed by atoms with van der Waals surface area (Å²) in [7, 11) is 1.39. The van der Waals surface area contributed by atoms with Gasteiger partial charge in [-0.25, -0.2) is 4.79 Å². The minimum absolute atomic E-state index is 0.134. The van der Waals surface area contributed by atoms with Crippen molar-refractivity contribution in [2.24, 2.45) is 5.92 Å². The molecule has 1 aromatic heterocycles. The number of hydrogen-bond donors (Lipinski definition) is 1.